The normalized spacial score (nSPS) is 30.4. The molecule has 1 saturated heterocycles. The van der Waals surface area contributed by atoms with E-state index in [-0.39, 0.29) is 5.41 Å². The minimum atomic E-state index is -0.0434. The first kappa shape index (κ1) is 6.35. The molecular weight excluding hydrogens is 128 g/mol. The van der Waals surface area contributed by atoms with E-state index in [0.29, 0.717) is 19.1 Å². The Morgan fingerprint density at radius 2 is 2.10 bits per heavy atom. The third kappa shape index (κ3) is 0.655. The number of hydrogen-bond donors (Lipinski definition) is 0. The van der Waals surface area contributed by atoms with E-state index in [2.05, 4.69) is 0 Å². The topological polar surface area (TPSA) is 26.3 Å². The summed E-state index contributed by atoms with van der Waals surface area (Å²) >= 11 is 0. The van der Waals surface area contributed by atoms with Crippen LogP contribution < -0.4 is 0 Å². The summed E-state index contributed by atoms with van der Waals surface area (Å²) in [5.41, 5.74) is -0.0434. The largest absolute Gasteiger partial charge is 0.379 e. The molecule has 1 heterocycles. The second-order valence-electron chi connectivity index (χ2n) is 3.47. The van der Waals surface area contributed by atoms with Gasteiger partial charge in [0.2, 0.25) is 0 Å². The van der Waals surface area contributed by atoms with E-state index in [1.165, 1.54) is 19.3 Å². The second kappa shape index (κ2) is 2.06. The molecule has 2 fully saturated rings. The zero-order valence-corrected chi connectivity index (χ0v) is 6.01. The van der Waals surface area contributed by atoms with Gasteiger partial charge in [0.1, 0.15) is 6.29 Å². The molecule has 0 unspecified atom stereocenters. The molecule has 0 aromatic heterocycles. The molecule has 56 valence electrons. The summed E-state index contributed by atoms with van der Waals surface area (Å²) < 4.78 is 5.05. The number of ether oxygens (including phenoxy) is 1. The van der Waals surface area contributed by atoms with E-state index >= 15 is 0 Å². The Morgan fingerprint density at radius 3 is 2.20 bits per heavy atom. The SMILES string of the molecule is O=CC1(C2CCC2)COC1. The average Bonchev–Trinajstić information content (AvgIpc) is 1.73. The van der Waals surface area contributed by atoms with Gasteiger partial charge in [-0.25, -0.2) is 0 Å². The van der Waals surface area contributed by atoms with Gasteiger partial charge in [-0.2, -0.15) is 0 Å². The summed E-state index contributed by atoms with van der Waals surface area (Å²) in [4.78, 5) is 10.7. The van der Waals surface area contributed by atoms with Gasteiger partial charge < -0.3 is 9.53 Å². The second-order valence-corrected chi connectivity index (χ2v) is 3.47. The van der Waals surface area contributed by atoms with Gasteiger partial charge >= 0.3 is 0 Å². The molecule has 0 bridgehead atoms. The van der Waals surface area contributed by atoms with Crippen LogP contribution in [0, 0.1) is 11.3 Å². The smallest absolute Gasteiger partial charge is 0.131 e. The summed E-state index contributed by atoms with van der Waals surface area (Å²) in [6.07, 6.45) is 4.89. The fourth-order valence-corrected chi connectivity index (χ4v) is 1.72. The predicted octanol–water partition coefficient (Wildman–Crippen LogP) is 1.00. The Kier molecular flexibility index (Phi) is 1.31. The van der Waals surface area contributed by atoms with Crippen molar-refractivity contribution in [2.75, 3.05) is 13.2 Å². The summed E-state index contributed by atoms with van der Waals surface area (Å²) in [5.74, 6) is 0.652. The lowest BCUT2D eigenvalue weighted by molar-refractivity contribution is -0.168. The van der Waals surface area contributed by atoms with Crippen molar-refractivity contribution in [3.8, 4) is 0 Å². The molecule has 0 spiro atoms. The summed E-state index contributed by atoms with van der Waals surface area (Å²) in [6.45, 7) is 1.36. The van der Waals surface area contributed by atoms with Gasteiger partial charge in [0.05, 0.1) is 18.6 Å². The Balaban J connectivity index is 2.02. The lowest BCUT2D eigenvalue weighted by Crippen LogP contribution is -2.51. The van der Waals surface area contributed by atoms with Crippen molar-refractivity contribution in [2.24, 2.45) is 11.3 Å². The van der Waals surface area contributed by atoms with E-state index in [0.717, 1.165) is 6.29 Å². The van der Waals surface area contributed by atoms with Crippen molar-refractivity contribution in [3.63, 3.8) is 0 Å². The van der Waals surface area contributed by atoms with Crippen molar-refractivity contribution < 1.29 is 9.53 Å². The molecular formula is C8H12O2. The molecule has 2 aliphatic rings. The fourth-order valence-electron chi connectivity index (χ4n) is 1.72. The molecule has 0 amide bonds. The predicted molar refractivity (Wildman–Crippen MR) is 36.7 cm³/mol. The van der Waals surface area contributed by atoms with Crippen LogP contribution in [0.3, 0.4) is 0 Å². The highest BCUT2D eigenvalue weighted by Gasteiger charge is 2.47. The van der Waals surface area contributed by atoms with Crippen LogP contribution >= 0.6 is 0 Å². The Labute approximate surface area is 60.6 Å². The van der Waals surface area contributed by atoms with Crippen LogP contribution in [-0.2, 0) is 9.53 Å². The Bertz CT molecular complexity index is 145. The van der Waals surface area contributed by atoms with E-state index < -0.39 is 0 Å². The molecule has 2 nitrogen and oxygen atoms in total. The van der Waals surface area contributed by atoms with Crippen LogP contribution in [0.2, 0.25) is 0 Å². The van der Waals surface area contributed by atoms with Crippen molar-refractivity contribution >= 4 is 6.29 Å². The molecule has 1 saturated carbocycles. The molecule has 10 heavy (non-hydrogen) atoms. The van der Waals surface area contributed by atoms with Gasteiger partial charge in [-0.05, 0) is 18.8 Å². The first-order chi connectivity index (χ1) is 4.87. The van der Waals surface area contributed by atoms with Crippen molar-refractivity contribution in [3.05, 3.63) is 0 Å². The molecule has 1 aliphatic heterocycles. The summed E-state index contributed by atoms with van der Waals surface area (Å²) in [6, 6.07) is 0. The Morgan fingerprint density at radius 1 is 1.40 bits per heavy atom. The number of carbonyl (C=O) groups is 1. The van der Waals surface area contributed by atoms with Crippen LogP contribution in [-0.4, -0.2) is 19.5 Å². The van der Waals surface area contributed by atoms with Crippen LogP contribution in [0.1, 0.15) is 19.3 Å². The lowest BCUT2D eigenvalue weighted by Gasteiger charge is -2.47. The van der Waals surface area contributed by atoms with Crippen LogP contribution in [0.25, 0.3) is 0 Å². The Hall–Kier alpha value is -0.370. The highest BCUT2D eigenvalue weighted by molar-refractivity contribution is 5.62. The zero-order valence-electron chi connectivity index (χ0n) is 6.01. The standard InChI is InChI=1S/C8H12O2/c9-4-8(5-10-6-8)7-2-1-3-7/h4,7H,1-3,5-6H2. The molecule has 2 rings (SSSR count). The molecule has 1 aliphatic carbocycles. The van der Waals surface area contributed by atoms with E-state index in [1.807, 2.05) is 0 Å². The minimum absolute atomic E-state index is 0.0434. The monoisotopic (exact) mass is 140 g/mol. The van der Waals surface area contributed by atoms with Gasteiger partial charge in [0, 0.05) is 0 Å². The summed E-state index contributed by atoms with van der Waals surface area (Å²) in [7, 11) is 0. The average molecular weight is 140 g/mol. The van der Waals surface area contributed by atoms with E-state index in [9.17, 15) is 4.79 Å². The molecule has 0 aromatic rings. The zero-order chi connectivity index (χ0) is 7.03. The van der Waals surface area contributed by atoms with Crippen LogP contribution in [0.15, 0.2) is 0 Å². The van der Waals surface area contributed by atoms with Crippen molar-refractivity contribution in [1.82, 2.24) is 0 Å². The first-order valence-corrected chi connectivity index (χ1v) is 3.91. The highest BCUT2D eigenvalue weighted by Crippen LogP contribution is 2.45. The lowest BCUT2D eigenvalue weighted by atomic mass is 9.65. The molecule has 0 atom stereocenters. The number of aldehydes is 1. The maximum atomic E-state index is 10.7. The highest BCUT2D eigenvalue weighted by atomic mass is 16.5. The van der Waals surface area contributed by atoms with Gasteiger partial charge in [0.25, 0.3) is 0 Å². The van der Waals surface area contributed by atoms with Gasteiger partial charge in [-0.1, -0.05) is 6.42 Å². The maximum Gasteiger partial charge on any atom is 0.131 e. The molecule has 0 aromatic carbocycles. The minimum Gasteiger partial charge on any atom is -0.379 e. The van der Waals surface area contributed by atoms with Gasteiger partial charge in [-0.15, -0.1) is 0 Å². The van der Waals surface area contributed by atoms with Crippen LogP contribution in [0.5, 0.6) is 0 Å². The number of hydrogen-bond acceptors (Lipinski definition) is 2. The van der Waals surface area contributed by atoms with E-state index in [4.69, 9.17) is 4.74 Å². The van der Waals surface area contributed by atoms with Gasteiger partial charge in [0.15, 0.2) is 0 Å². The first-order valence-electron chi connectivity index (χ1n) is 3.91. The molecule has 0 radical (unpaired) electrons. The van der Waals surface area contributed by atoms with Gasteiger partial charge in [-0.3, -0.25) is 0 Å². The van der Waals surface area contributed by atoms with Crippen molar-refractivity contribution in [2.45, 2.75) is 19.3 Å². The van der Waals surface area contributed by atoms with Crippen molar-refractivity contribution in [1.29, 1.82) is 0 Å². The third-order valence-corrected chi connectivity index (χ3v) is 2.89. The number of carbonyl (C=O) groups excluding carboxylic acids is 1. The number of rotatable bonds is 2. The quantitative estimate of drug-likeness (QED) is 0.535. The molecule has 0 N–H and O–H groups in total. The van der Waals surface area contributed by atoms with Crippen LogP contribution in [0.4, 0.5) is 0 Å². The fraction of sp³-hybridized carbons (Fsp3) is 0.875. The maximum absolute atomic E-state index is 10.7. The van der Waals surface area contributed by atoms with E-state index in [1.54, 1.807) is 0 Å². The summed E-state index contributed by atoms with van der Waals surface area (Å²) in [5, 5.41) is 0. The third-order valence-electron chi connectivity index (χ3n) is 2.89. The molecule has 2 heteroatoms.